The van der Waals surface area contributed by atoms with Gasteiger partial charge in [-0.3, -0.25) is 4.98 Å². The molecule has 0 unspecified atom stereocenters. The molecular formula is C7H7Br2N. The first kappa shape index (κ1) is 8.21. The zero-order valence-corrected chi connectivity index (χ0v) is 8.74. The third kappa shape index (κ3) is 1.58. The van der Waals surface area contributed by atoms with Crippen LogP contribution in [0.2, 0.25) is 0 Å². The van der Waals surface area contributed by atoms with E-state index in [1.165, 1.54) is 5.56 Å². The van der Waals surface area contributed by atoms with Gasteiger partial charge in [-0.1, -0.05) is 15.9 Å². The van der Waals surface area contributed by atoms with Gasteiger partial charge in [0, 0.05) is 16.0 Å². The SMILES string of the molecule is Cc1nccc(CBr)c1Br. The molecule has 0 amide bonds. The minimum Gasteiger partial charge on any atom is -0.260 e. The van der Waals surface area contributed by atoms with Crippen LogP contribution in [-0.2, 0) is 5.33 Å². The minimum atomic E-state index is 0.872. The van der Waals surface area contributed by atoms with E-state index in [1.807, 2.05) is 19.2 Å². The second-order valence-electron chi connectivity index (χ2n) is 2.00. The quantitative estimate of drug-likeness (QED) is 0.711. The van der Waals surface area contributed by atoms with Crippen molar-refractivity contribution in [1.29, 1.82) is 0 Å². The van der Waals surface area contributed by atoms with Crippen LogP contribution < -0.4 is 0 Å². The standard InChI is InChI=1S/C7H7Br2N/c1-5-7(9)6(4-8)2-3-10-5/h2-3H,4H2,1H3. The molecule has 54 valence electrons. The molecular weight excluding hydrogens is 258 g/mol. The highest BCUT2D eigenvalue weighted by Crippen LogP contribution is 2.20. The van der Waals surface area contributed by atoms with E-state index in [0.29, 0.717) is 0 Å². The van der Waals surface area contributed by atoms with Gasteiger partial charge in [-0.15, -0.1) is 0 Å². The maximum absolute atomic E-state index is 4.12. The first-order valence-corrected chi connectivity index (χ1v) is 4.83. The maximum atomic E-state index is 4.12. The molecule has 0 bridgehead atoms. The third-order valence-electron chi connectivity index (χ3n) is 1.29. The summed E-state index contributed by atoms with van der Waals surface area (Å²) in [6, 6.07) is 1.99. The van der Waals surface area contributed by atoms with Gasteiger partial charge in [0.1, 0.15) is 0 Å². The molecule has 3 heteroatoms. The Hall–Kier alpha value is 0.110. The predicted octanol–water partition coefficient (Wildman–Crippen LogP) is 3.05. The normalized spacial score (nSPS) is 9.90. The summed E-state index contributed by atoms with van der Waals surface area (Å²) in [4.78, 5) is 4.12. The molecule has 0 saturated carbocycles. The molecule has 1 aromatic rings. The summed E-state index contributed by atoms with van der Waals surface area (Å²) < 4.78 is 1.10. The van der Waals surface area contributed by atoms with E-state index in [9.17, 15) is 0 Å². The molecule has 0 saturated heterocycles. The molecule has 1 heterocycles. The van der Waals surface area contributed by atoms with Gasteiger partial charge < -0.3 is 0 Å². The highest BCUT2D eigenvalue weighted by atomic mass is 79.9. The van der Waals surface area contributed by atoms with Crippen molar-refractivity contribution in [3.8, 4) is 0 Å². The van der Waals surface area contributed by atoms with Crippen LogP contribution in [0.1, 0.15) is 11.3 Å². The fourth-order valence-electron chi connectivity index (χ4n) is 0.704. The van der Waals surface area contributed by atoms with E-state index in [-0.39, 0.29) is 0 Å². The first-order valence-electron chi connectivity index (χ1n) is 2.91. The average molecular weight is 265 g/mol. The van der Waals surface area contributed by atoms with E-state index < -0.39 is 0 Å². The molecule has 0 aliphatic carbocycles. The molecule has 10 heavy (non-hydrogen) atoms. The maximum Gasteiger partial charge on any atom is 0.0517 e. The average Bonchev–Trinajstić information content (AvgIpc) is 1.95. The minimum absolute atomic E-state index is 0.872. The van der Waals surface area contributed by atoms with Gasteiger partial charge in [0.15, 0.2) is 0 Å². The van der Waals surface area contributed by atoms with Crippen molar-refractivity contribution in [2.24, 2.45) is 0 Å². The summed E-state index contributed by atoms with van der Waals surface area (Å²) >= 11 is 6.83. The molecule has 0 aliphatic rings. The van der Waals surface area contributed by atoms with Crippen LogP contribution in [0.5, 0.6) is 0 Å². The van der Waals surface area contributed by atoms with E-state index in [4.69, 9.17) is 0 Å². The number of hydrogen-bond acceptors (Lipinski definition) is 1. The number of nitrogens with zero attached hydrogens (tertiary/aromatic N) is 1. The summed E-state index contributed by atoms with van der Waals surface area (Å²) in [6.45, 7) is 1.98. The Morgan fingerprint density at radius 1 is 1.60 bits per heavy atom. The van der Waals surface area contributed by atoms with Crippen molar-refractivity contribution in [3.63, 3.8) is 0 Å². The van der Waals surface area contributed by atoms with Gasteiger partial charge in [-0.05, 0) is 34.5 Å². The van der Waals surface area contributed by atoms with Crippen molar-refractivity contribution >= 4 is 31.9 Å². The number of halogens is 2. The number of hydrogen-bond donors (Lipinski definition) is 0. The molecule has 1 aromatic heterocycles. The number of aromatic nitrogens is 1. The molecule has 0 aromatic carbocycles. The molecule has 0 spiro atoms. The van der Waals surface area contributed by atoms with Crippen molar-refractivity contribution in [2.75, 3.05) is 0 Å². The number of pyridine rings is 1. The summed E-state index contributed by atoms with van der Waals surface area (Å²) in [5.74, 6) is 0. The Bertz CT molecular complexity index is 235. The highest BCUT2D eigenvalue weighted by Gasteiger charge is 1.99. The van der Waals surface area contributed by atoms with E-state index >= 15 is 0 Å². The number of rotatable bonds is 1. The molecule has 1 rings (SSSR count). The summed E-state index contributed by atoms with van der Waals surface area (Å²) in [5.41, 5.74) is 2.28. The lowest BCUT2D eigenvalue weighted by atomic mass is 10.2. The first-order chi connectivity index (χ1) is 4.75. The van der Waals surface area contributed by atoms with Crippen LogP contribution in [0.3, 0.4) is 0 Å². The van der Waals surface area contributed by atoms with E-state index in [2.05, 4.69) is 36.8 Å². The van der Waals surface area contributed by atoms with E-state index in [0.717, 1.165) is 15.5 Å². The lowest BCUT2D eigenvalue weighted by Crippen LogP contribution is -1.86. The van der Waals surface area contributed by atoms with Crippen LogP contribution in [0.25, 0.3) is 0 Å². The second-order valence-corrected chi connectivity index (χ2v) is 3.36. The molecule has 0 atom stereocenters. The monoisotopic (exact) mass is 263 g/mol. The smallest absolute Gasteiger partial charge is 0.0517 e. The van der Waals surface area contributed by atoms with Crippen molar-refractivity contribution in [1.82, 2.24) is 4.98 Å². The fraction of sp³-hybridized carbons (Fsp3) is 0.286. The summed E-state index contributed by atoms with van der Waals surface area (Å²) in [5, 5.41) is 0.872. The molecule has 0 fully saturated rings. The van der Waals surface area contributed by atoms with E-state index in [1.54, 1.807) is 0 Å². The largest absolute Gasteiger partial charge is 0.260 e. The molecule has 1 nitrogen and oxygen atoms in total. The summed E-state index contributed by atoms with van der Waals surface area (Å²) in [7, 11) is 0. The lowest BCUT2D eigenvalue weighted by molar-refractivity contribution is 1.15. The highest BCUT2D eigenvalue weighted by molar-refractivity contribution is 9.10. The molecule has 0 aliphatic heterocycles. The molecule has 0 N–H and O–H groups in total. The summed E-state index contributed by atoms with van der Waals surface area (Å²) in [6.07, 6.45) is 1.82. The third-order valence-corrected chi connectivity index (χ3v) is 2.97. The zero-order chi connectivity index (χ0) is 7.56. The van der Waals surface area contributed by atoms with Crippen LogP contribution >= 0.6 is 31.9 Å². The topological polar surface area (TPSA) is 12.9 Å². The van der Waals surface area contributed by atoms with Crippen LogP contribution in [0.4, 0.5) is 0 Å². The van der Waals surface area contributed by atoms with Crippen molar-refractivity contribution < 1.29 is 0 Å². The Labute approximate surface area is 77.1 Å². The Balaban J connectivity index is 3.14. The van der Waals surface area contributed by atoms with Crippen LogP contribution in [0.15, 0.2) is 16.7 Å². The fourth-order valence-corrected chi connectivity index (χ4v) is 1.92. The van der Waals surface area contributed by atoms with Gasteiger partial charge in [-0.25, -0.2) is 0 Å². The van der Waals surface area contributed by atoms with Crippen molar-refractivity contribution in [3.05, 3.63) is 28.0 Å². The Morgan fingerprint density at radius 3 is 2.80 bits per heavy atom. The van der Waals surface area contributed by atoms with Gasteiger partial charge >= 0.3 is 0 Å². The van der Waals surface area contributed by atoms with Crippen LogP contribution in [-0.4, -0.2) is 4.98 Å². The van der Waals surface area contributed by atoms with Crippen LogP contribution in [0, 0.1) is 6.92 Å². The predicted molar refractivity (Wildman–Crippen MR) is 49.3 cm³/mol. The zero-order valence-electron chi connectivity index (χ0n) is 5.56. The Kier molecular flexibility index (Phi) is 2.86. The van der Waals surface area contributed by atoms with Gasteiger partial charge in [0.05, 0.1) is 5.69 Å². The second kappa shape index (κ2) is 3.49. The van der Waals surface area contributed by atoms with Gasteiger partial charge in [0.25, 0.3) is 0 Å². The van der Waals surface area contributed by atoms with Crippen molar-refractivity contribution in [2.45, 2.75) is 12.3 Å². The van der Waals surface area contributed by atoms with Gasteiger partial charge in [0.2, 0.25) is 0 Å². The Morgan fingerprint density at radius 2 is 2.30 bits per heavy atom. The lowest BCUT2D eigenvalue weighted by Gasteiger charge is -2.00. The molecule has 0 radical (unpaired) electrons. The van der Waals surface area contributed by atoms with Gasteiger partial charge in [-0.2, -0.15) is 0 Å². The number of alkyl halides is 1. The number of aryl methyl sites for hydroxylation is 1.